The van der Waals surface area contributed by atoms with Gasteiger partial charge >= 0.3 is 0 Å². The van der Waals surface area contributed by atoms with Crippen LogP contribution in [0.3, 0.4) is 0 Å². The minimum Gasteiger partial charge on any atom is -0.322 e. The number of carbonyl (C=O) groups excluding carboxylic acids is 2. The van der Waals surface area contributed by atoms with E-state index in [2.05, 4.69) is 10.6 Å². The van der Waals surface area contributed by atoms with E-state index < -0.39 is 61.5 Å². The molecule has 0 aliphatic carbocycles. The van der Waals surface area contributed by atoms with Gasteiger partial charge in [0, 0.05) is 35.0 Å². The monoisotopic (exact) mass is 762 g/mol. The summed E-state index contributed by atoms with van der Waals surface area (Å²) in [5.41, 5.74) is 0.913. The molecule has 14 nitrogen and oxygen atoms in total. The van der Waals surface area contributed by atoms with Crippen molar-refractivity contribution in [1.29, 1.82) is 0 Å². The highest BCUT2D eigenvalue weighted by Gasteiger charge is 2.19. The highest BCUT2D eigenvalue weighted by atomic mass is 32.2. The number of benzene rings is 4. The fourth-order valence-electron chi connectivity index (χ4n) is 4.64. The van der Waals surface area contributed by atoms with Gasteiger partial charge in [-0.2, -0.15) is 16.8 Å². The highest BCUT2D eigenvalue weighted by molar-refractivity contribution is 7.90. The molecule has 4 N–H and O–H groups in total. The van der Waals surface area contributed by atoms with Crippen LogP contribution in [0, 0.1) is 0 Å². The van der Waals surface area contributed by atoms with Crippen LogP contribution in [0.4, 0.5) is 11.4 Å². The number of anilines is 2. The summed E-state index contributed by atoms with van der Waals surface area (Å²) in [5, 5.41) is 4.97. The van der Waals surface area contributed by atoms with Crippen LogP contribution in [0.1, 0.15) is 43.0 Å². The number of hydrogen-bond acceptors (Lipinski definition) is 10. The van der Waals surface area contributed by atoms with E-state index in [1.807, 2.05) is 0 Å². The Hall–Kier alpha value is -4.72. The molecule has 0 unspecified atom stereocenters. The first kappa shape index (κ1) is 38.1. The molecule has 264 valence electrons. The lowest BCUT2D eigenvalue weighted by Gasteiger charge is -2.11. The van der Waals surface area contributed by atoms with Crippen molar-refractivity contribution in [2.24, 2.45) is 0 Å². The third-order valence-electron chi connectivity index (χ3n) is 6.83. The van der Waals surface area contributed by atoms with Crippen LogP contribution >= 0.6 is 0 Å². The summed E-state index contributed by atoms with van der Waals surface area (Å²) < 4.78 is 115. The molecule has 0 radical (unpaired) electrons. The molecule has 4 aromatic carbocycles. The molecule has 0 aliphatic heterocycles. The summed E-state index contributed by atoms with van der Waals surface area (Å²) in [6.45, 7) is 0. The number of carbonyl (C=O) groups is 2. The molecule has 4 aromatic rings. The Kier molecular flexibility index (Phi) is 11.1. The number of nitrogens with one attached hydrogen (secondary N) is 2. The van der Waals surface area contributed by atoms with Gasteiger partial charge in [-0.1, -0.05) is 48.6 Å². The summed E-state index contributed by atoms with van der Waals surface area (Å²) in [4.78, 5) is 24.2. The van der Waals surface area contributed by atoms with Gasteiger partial charge in [0.2, 0.25) is 0 Å². The second-order valence-corrected chi connectivity index (χ2v) is 18.3. The van der Waals surface area contributed by atoms with E-state index in [1.165, 1.54) is 72.8 Å². The van der Waals surface area contributed by atoms with E-state index in [4.69, 9.17) is 0 Å². The predicted octanol–water partition coefficient (Wildman–Crippen LogP) is 3.94. The standard InChI is InChI=1S/C32H30N2O12S4/c1-47(37,38)19-21-3-7-25(8-4-21)31(35)33-27-15-13-23(29(17-27)49(41,42)43)11-12-24-14-16-28(18-30(24)50(44,45)46)34-32(36)26-9-5-22(6-10-26)20-48(2,39)40/h3-18H,19-20H2,1-2H3,(H,33,35)(H,34,36)(H,41,42,43)(H,44,45,46). The zero-order valence-electron chi connectivity index (χ0n) is 26.3. The Morgan fingerprint density at radius 3 is 1.14 bits per heavy atom. The second kappa shape index (κ2) is 14.6. The Balaban J connectivity index is 1.56. The number of sulfone groups is 2. The Bertz CT molecular complexity index is 2270. The molecule has 4 rings (SSSR count). The first-order chi connectivity index (χ1) is 23.1. The molecule has 50 heavy (non-hydrogen) atoms. The van der Waals surface area contributed by atoms with Crippen molar-refractivity contribution >= 4 is 75.3 Å². The van der Waals surface area contributed by atoms with E-state index in [0.29, 0.717) is 11.1 Å². The summed E-state index contributed by atoms with van der Waals surface area (Å²) in [5.74, 6) is -1.76. The fourth-order valence-corrected chi connectivity index (χ4v) is 7.66. The minimum atomic E-state index is -4.89. The zero-order chi connectivity index (χ0) is 37.1. The van der Waals surface area contributed by atoms with Crippen LogP contribution in [-0.4, -0.2) is 67.1 Å². The summed E-state index contributed by atoms with van der Waals surface area (Å²) in [7, 11) is -16.4. The van der Waals surface area contributed by atoms with E-state index in [1.54, 1.807) is 0 Å². The van der Waals surface area contributed by atoms with Gasteiger partial charge < -0.3 is 10.6 Å². The second-order valence-electron chi connectivity index (χ2n) is 11.2. The zero-order valence-corrected chi connectivity index (χ0v) is 29.5. The Morgan fingerprint density at radius 2 is 0.860 bits per heavy atom. The molecule has 0 aliphatic rings. The van der Waals surface area contributed by atoms with Gasteiger partial charge in [-0.15, -0.1) is 0 Å². The van der Waals surface area contributed by atoms with Crippen molar-refractivity contribution in [3.8, 4) is 0 Å². The van der Waals surface area contributed by atoms with Gasteiger partial charge in [0.05, 0.1) is 11.5 Å². The van der Waals surface area contributed by atoms with Crippen LogP contribution in [0.25, 0.3) is 12.2 Å². The van der Waals surface area contributed by atoms with Gasteiger partial charge in [0.1, 0.15) is 9.79 Å². The molecule has 0 heterocycles. The first-order valence-corrected chi connectivity index (χ1v) is 21.1. The van der Waals surface area contributed by atoms with Crippen LogP contribution in [0.2, 0.25) is 0 Å². The molecule has 18 heteroatoms. The molecule has 0 spiro atoms. The largest absolute Gasteiger partial charge is 0.322 e. The molecular weight excluding hydrogens is 733 g/mol. The highest BCUT2D eigenvalue weighted by Crippen LogP contribution is 2.27. The topological polar surface area (TPSA) is 235 Å². The third-order valence-corrected chi connectivity index (χ3v) is 10.4. The van der Waals surface area contributed by atoms with Gasteiger partial charge in [0.15, 0.2) is 19.7 Å². The van der Waals surface area contributed by atoms with E-state index in [0.717, 1.165) is 36.8 Å². The lowest BCUT2D eigenvalue weighted by atomic mass is 10.1. The van der Waals surface area contributed by atoms with Crippen LogP contribution < -0.4 is 10.6 Å². The average molecular weight is 763 g/mol. The number of hydrogen-bond donors (Lipinski definition) is 4. The molecule has 0 saturated heterocycles. The number of amides is 2. The lowest BCUT2D eigenvalue weighted by molar-refractivity contribution is 0.101. The summed E-state index contributed by atoms with van der Waals surface area (Å²) >= 11 is 0. The molecule has 0 saturated carbocycles. The van der Waals surface area contributed by atoms with Crippen molar-refractivity contribution in [3.05, 3.63) is 118 Å². The number of rotatable bonds is 12. The molecular formula is C32H30N2O12S4. The van der Waals surface area contributed by atoms with Gasteiger partial charge in [-0.3, -0.25) is 18.7 Å². The summed E-state index contributed by atoms with van der Waals surface area (Å²) in [6.07, 6.45) is 4.44. The maximum absolute atomic E-state index is 12.8. The molecule has 0 fully saturated rings. The van der Waals surface area contributed by atoms with Crippen molar-refractivity contribution < 1.29 is 52.4 Å². The van der Waals surface area contributed by atoms with Gasteiger partial charge in [0.25, 0.3) is 32.1 Å². The first-order valence-electron chi connectivity index (χ1n) is 14.1. The summed E-state index contributed by atoms with van der Waals surface area (Å²) in [6, 6.07) is 18.4. The third kappa shape index (κ3) is 10.9. The normalized spacial score (nSPS) is 12.5. The fraction of sp³-hybridized carbons (Fsp3) is 0.125. The minimum absolute atomic E-state index is 0.0243. The van der Waals surface area contributed by atoms with E-state index in [-0.39, 0.29) is 45.1 Å². The van der Waals surface area contributed by atoms with E-state index >= 15 is 0 Å². The van der Waals surface area contributed by atoms with E-state index in [9.17, 15) is 52.4 Å². The van der Waals surface area contributed by atoms with Crippen molar-refractivity contribution in [2.45, 2.75) is 21.3 Å². The Morgan fingerprint density at radius 1 is 0.540 bits per heavy atom. The van der Waals surface area contributed by atoms with Crippen molar-refractivity contribution in [3.63, 3.8) is 0 Å². The Labute approximate surface area is 289 Å². The molecule has 0 aromatic heterocycles. The lowest BCUT2D eigenvalue weighted by Crippen LogP contribution is -2.13. The van der Waals surface area contributed by atoms with Crippen LogP contribution in [-0.2, 0) is 51.4 Å². The maximum Gasteiger partial charge on any atom is 0.295 e. The van der Waals surface area contributed by atoms with Crippen molar-refractivity contribution in [2.75, 3.05) is 23.1 Å². The van der Waals surface area contributed by atoms with Gasteiger partial charge in [-0.25, -0.2) is 16.8 Å². The van der Waals surface area contributed by atoms with Gasteiger partial charge in [-0.05, 0) is 70.8 Å². The molecule has 2 amide bonds. The smallest absolute Gasteiger partial charge is 0.295 e. The maximum atomic E-state index is 12.8. The van der Waals surface area contributed by atoms with Crippen LogP contribution in [0.15, 0.2) is 94.7 Å². The quantitative estimate of drug-likeness (QED) is 0.119. The predicted molar refractivity (Wildman–Crippen MR) is 187 cm³/mol. The average Bonchev–Trinajstić information content (AvgIpc) is 2.99. The molecule has 0 bridgehead atoms. The SMILES string of the molecule is CS(=O)(=O)Cc1ccc(C(=O)Nc2ccc(C=Cc3ccc(NC(=O)c4ccc(CS(C)(=O)=O)cc4)cc3S(=O)(=O)O)c(S(=O)(=O)O)c2)cc1. The molecule has 0 atom stereocenters. The van der Waals surface area contributed by atoms with Crippen molar-refractivity contribution in [1.82, 2.24) is 0 Å². The van der Waals surface area contributed by atoms with Crippen LogP contribution in [0.5, 0.6) is 0 Å².